The summed E-state index contributed by atoms with van der Waals surface area (Å²) in [5.74, 6) is 1.40. The Bertz CT molecular complexity index is 1730. The summed E-state index contributed by atoms with van der Waals surface area (Å²) in [6.45, 7) is 0.214. The molecule has 4 aromatic rings. The topological polar surface area (TPSA) is 52.8 Å². The van der Waals surface area contributed by atoms with Crippen molar-refractivity contribution < 1.29 is 9.47 Å². The molecule has 0 amide bonds. The van der Waals surface area contributed by atoms with Crippen LogP contribution in [0.5, 0.6) is 11.5 Å². The van der Waals surface area contributed by atoms with E-state index in [1.165, 1.54) is 16.9 Å². The van der Waals surface area contributed by atoms with E-state index in [1.54, 1.807) is 0 Å². The zero-order valence-corrected chi connectivity index (χ0v) is 20.1. The van der Waals surface area contributed by atoms with Crippen LogP contribution in [0.25, 0.3) is 11.8 Å². The van der Waals surface area contributed by atoms with E-state index in [-0.39, 0.29) is 18.4 Å². The number of nitrogens with zero attached hydrogens (tertiary/aromatic N) is 2. The molecule has 1 atom stereocenters. The largest absolute Gasteiger partial charge is 0.454 e. The van der Waals surface area contributed by atoms with Crippen molar-refractivity contribution in [1.29, 1.82) is 0 Å². The van der Waals surface area contributed by atoms with Gasteiger partial charge < -0.3 is 9.47 Å². The van der Waals surface area contributed by atoms with Crippen molar-refractivity contribution in [3.8, 4) is 11.5 Å². The molecule has 3 aromatic carbocycles. The maximum Gasteiger partial charge on any atom is 0.271 e. The number of aromatic nitrogens is 1. The van der Waals surface area contributed by atoms with Gasteiger partial charge in [-0.25, -0.2) is 4.99 Å². The number of fused-ring (bicyclic) bond motifs is 4. The van der Waals surface area contributed by atoms with Gasteiger partial charge in [-0.15, -0.1) is 0 Å². The Morgan fingerprint density at radius 2 is 1.83 bits per heavy atom. The van der Waals surface area contributed by atoms with E-state index in [2.05, 4.69) is 18.2 Å². The van der Waals surface area contributed by atoms with E-state index in [4.69, 9.17) is 26.1 Å². The lowest BCUT2D eigenvalue weighted by Gasteiger charge is -2.31. The Labute approximate surface area is 209 Å². The van der Waals surface area contributed by atoms with Crippen molar-refractivity contribution >= 4 is 34.7 Å². The third kappa shape index (κ3) is 3.28. The summed E-state index contributed by atoms with van der Waals surface area (Å²) in [5.41, 5.74) is 6.26. The molecule has 7 rings (SSSR count). The third-order valence-electron chi connectivity index (χ3n) is 6.77. The minimum Gasteiger partial charge on any atom is -0.454 e. The molecule has 172 valence electrons. The van der Waals surface area contributed by atoms with E-state index in [0.717, 1.165) is 40.8 Å². The highest BCUT2D eigenvalue weighted by atomic mass is 35.5. The Kier molecular flexibility index (Phi) is 4.72. The molecule has 5 nitrogen and oxygen atoms in total. The summed E-state index contributed by atoms with van der Waals surface area (Å²) in [4.78, 5) is 19.6. The van der Waals surface area contributed by atoms with E-state index < -0.39 is 0 Å². The fraction of sp³-hybridized carbons (Fsp3) is 0.143. The van der Waals surface area contributed by atoms with Crippen LogP contribution in [0.2, 0.25) is 5.02 Å². The van der Waals surface area contributed by atoms with Gasteiger partial charge in [-0.3, -0.25) is 9.36 Å². The minimum atomic E-state index is -0.290. The molecule has 0 radical (unpaired) electrons. The fourth-order valence-corrected chi connectivity index (χ4v) is 6.39. The first-order valence-electron chi connectivity index (χ1n) is 11.4. The standard InChI is InChI=1S/C28H19ClN2O3S/c29-21-8-4-3-7-19(21)26-20-11-10-17-5-1-2-6-18(17)25(20)30-28-31(26)27(32)24(35-28)14-16-9-12-22-23(13-16)34-15-33-22/h1-9,12-14,26H,10-11,15H2/b24-14+/t26-/m0/s1. The van der Waals surface area contributed by atoms with Crippen LogP contribution in [-0.4, -0.2) is 11.4 Å². The Hall–Kier alpha value is -3.61. The van der Waals surface area contributed by atoms with Crippen LogP contribution in [0.1, 0.15) is 34.7 Å². The molecule has 0 bridgehead atoms. The van der Waals surface area contributed by atoms with Crippen LogP contribution in [0.15, 0.2) is 82.1 Å². The van der Waals surface area contributed by atoms with Crippen LogP contribution < -0.4 is 24.4 Å². The van der Waals surface area contributed by atoms with Crippen molar-refractivity contribution in [2.45, 2.75) is 18.9 Å². The van der Waals surface area contributed by atoms with Crippen molar-refractivity contribution in [2.75, 3.05) is 6.79 Å². The van der Waals surface area contributed by atoms with Gasteiger partial charge >= 0.3 is 0 Å². The summed E-state index contributed by atoms with van der Waals surface area (Å²) < 4.78 is 13.4. The summed E-state index contributed by atoms with van der Waals surface area (Å²) in [6.07, 6.45) is 3.64. The van der Waals surface area contributed by atoms with Gasteiger partial charge in [-0.05, 0) is 59.4 Å². The summed E-state index contributed by atoms with van der Waals surface area (Å²) in [5, 5.41) is 0.649. The third-order valence-corrected chi connectivity index (χ3v) is 8.09. The number of rotatable bonds is 2. The zero-order chi connectivity index (χ0) is 23.5. The van der Waals surface area contributed by atoms with E-state index >= 15 is 0 Å². The number of allylic oxidation sites excluding steroid dienone is 1. The molecule has 0 saturated heterocycles. The van der Waals surface area contributed by atoms with Gasteiger partial charge in [0.25, 0.3) is 5.56 Å². The molecule has 0 N–H and O–H groups in total. The van der Waals surface area contributed by atoms with Crippen molar-refractivity contribution in [3.05, 3.63) is 119 Å². The van der Waals surface area contributed by atoms with Crippen molar-refractivity contribution in [2.24, 2.45) is 4.99 Å². The van der Waals surface area contributed by atoms with Gasteiger partial charge in [0.15, 0.2) is 16.3 Å². The lowest BCUT2D eigenvalue weighted by molar-refractivity contribution is 0.174. The average Bonchev–Trinajstić information content (AvgIpc) is 3.47. The van der Waals surface area contributed by atoms with Gasteiger partial charge in [0.05, 0.1) is 16.3 Å². The lowest BCUT2D eigenvalue weighted by atomic mass is 9.83. The van der Waals surface area contributed by atoms with Crippen LogP contribution >= 0.6 is 22.9 Å². The Morgan fingerprint density at radius 3 is 2.74 bits per heavy atom. The Balaban J connectivity index is 1.48. The van der Waals surface area contributed by atoms with Gasteiger partial charge in [0.2, 0.25) is 6.79 Å². The van der Waals surface area contributed by atoms with Crippen LogP contribution in [0.4, 0.5) is 0 Å². The molecule has 0 unspecified atom stereocenters. The van der Waals surface area contributed by atoms with E-state index in [1.807, 2.05) is 59.2 Å². The number of benzene rings is 3. The van der Waals surface area contributed by atoms with E-state index in [0.29, 0.717) is 25.9 Å². The summed E-state index contributed by atoms with van der Waals surface area (Å²) >= 11 is 8.10. The maximum atomic E-state index is 13.8. The molecule has 0 fully saturated rings. The number of aryl methyl sites for hydroxylation is 1. The zero-order valence-electron chi connectivity index (χ0n) is 18.5. The summed E-state index contributed by atoms with van der Waals surface area (Å²) in [7, 11) is 0. The Morgan fingerprint density at radius 1 is 1.00 bits per heavy atom. The van der Waals surface area contributed by atoms with Crippen molar-refractivity contribution in [3.63, 3.8) is 0 Å². The SMILES string of the molecule is O=c1/c(=C\c2ccc3c(c2)OCO3)sc2n1[C@@H](c1ccccc1Cl)C1=C(N=2)c2ccccc2CC1. The molecule has 3 heterocycles. The van der Waals surface area contributed by atoms with Crippen LogP contribution in [0, 0.1) is 0 Å². The van der Waals surface area contributed by atoms with Crippen LogP contribution in [0.3, 0.4) is 0 Å². The second-order valence-electron chi connectivity index (χ2n) is 8.75. The number of hydrogen-bond donors (Lipinski definition) is 0. The molecule has 2 aliphatic heterocycles. The first-order chi connectivity index (χ1) is 17.2. The van der Waals surface area contributed by atoms with Gasteiger partial charge in [-0.1, -0.05) is 71.5 Å². The van der Waals surface area contributed by atoms with E-state index in [9.17, 15) is 4.79 Å². The second-order valence-corrected chi connectivity index (χ2v) is 10.2. The predicted molar refractivity (Wildman–Crippen MR) is 137 cm³/mol. The molecule has 3 aliphatic rings. The molecule has 0 spiro atoms. The number of hydrogen-bond acceptors (Lipinski definition) is 5. The van der Waals surface area contributed by atoms with Gasteiger partial charge in [0.1, 0.15) is 0 Å². The van der Waals surface area contributed by atoms with Gasteiger partial charge in [-0.2, -0.15) is 0 Å². The number of ether oxygens (including phenoxy) is 2. The first kappa shape index (κ1) is 20.7. The van der Waals surface area contributed by atoms with Crippen molar-refractivity contribution in [1.82, 2.24) is 4.57 Å². The lowest BCUT2D eigenvalue weighted by Crippen LogP contribution is -2.38. The average molecular weight is 499 g/mol. The smallest absolute Gasteiger partial charge is 0.271 e. The first-order valence-corrected chi connectivity index (χ1v) is 12.6. The molecule has 1 aliphatic carbocycles. The predicted octanol–water partition coefficient (Wildman–Crippen LogP) is 4.70. The molecular weight excluding hydrogens is 480 g/mol. The maximum absolute atomic E-state index is 13.8. The molecule has 0 saturated carbocycles. The number of thiazole rings is 1. The highest BCUT2D eigenvalue weighted by Crippen LogP contribution is 2.42. The molecule has 1 aromatic heterocycles. The molecular formula is C28H19ClN2O3S. The molecule has 35 heavy (non-hydrogen) atoms. The number of halogens is 1. The van der Waals surface area contributed by atoms with Gasteiger partial charge in [0, 0.05) is 10.6 Å². The highest BCUT2D eigenvalue weighted by Gasteiger charge is 2.33. The quantitative estimate of drug-likeness (QED) is 0.402. The molecule has 7 heteroatoms. The second kappa shape index (κ2) is 7.97. The highest BCUT2D eigenvalue weighted by molar-refractivity contribution is 7.07. The fourth-order valence-electron chi connectivity index (χ4n) is 5.15. The minimum absolute atomic E-state index is 0.0678. The normalized spacial score (nSPS) is 18.1. The monoisotopic (exact) mass is 498 g/mol. The van der Waals surface area contributed by atoms with Crippen LogP contribution in [-0.2, 0) is 6.42 Å². The summed E-state index contributed by atoms with van der Waals surface area (Å²) in [6, 6.07) is 21.6.